The molecule has 2 aromatic rings. The van der Waals surface area contributed by atoms with Crippen LogP contribution in [0.3, 0.4) is 0 Å². The lowest BCUT2D eigenvalue weighted by Gasteiger charge is -2.07. The lowest BCUT2D eigenvalue weighted by atomic mass is 10.2. The molecule has 0 bridgehead atoms. The molecule has 1 N–H and O–H groups in total. The molecule has 0 heterocycles. The van der Waals surface area contributed by atoms with Crippen LogP contribution in [0.15, 0.2) is 53.0 Å². The fourth-order valence-corrected chi connectivity index (χ4v) is 1.79. The van der Waals surface area contributed by atoms with Gasteiger partial charge in [0.15, 0.2) is 0 Å². The second-order valence-corrected chi connectivity index (χ2v) is 5.07. The molecule has 2 aromatic carbocycles. The number of hydrogen-bond acceptors (Lipinski definition) is 5. The van der Waals surface area contributed by atoms with Gasteiger partial charge < -0.3 is 4.74 Å². The van der Waals surface area contributed by atoms with Gasteiger partial charge in [-0.3, -0.25) is 15.0 Å². The van der Waals surface area contributed by atoms with E-state index in [-0.39, 0.29) is 18.0 Å². The fraction of sp³-hybridized carbons (Fsp3) is 0.0714. The highest BCUT2D eigenvalue weighted by Gasteiger charge is 2.08. The number of benzene rings is 2. The highest BCUT2D eigenvalue weighted by molar-refractivity contribution is 9.10. The Morgan fingerprint density at radius 2 is 1.77 bits per heavy atom. The molecule has 0 fully saturated rings. The van der Waals surface area contributed by atoms with Gasteiger partial charge in [-0.25, -0.2) is 4.79 Å². The lowest BCUT2D eigenvalue weighted by molar-refractivity contribution is -0.384. The van der Waals surface area contributed by atoms with Gasteiger partial charge in [0.2, 0.25) is 0 Å². The Morgan fingerprint density at radius 1 is 1.14 bits per heavy atom. The number of halogens is 1. The van der Waals surface area contributed by atoms with E-state index in [1.54, 1.807) is 0 Å². The Hall–Kier alpha value is -2.45. The first kappa shape index (κ1) is 15.9. The highest BCUT2D eigenvalue weighted by Crippen LogP contribution is 2.17. The SMILES string of the molecule is O=C(NOCc1ccc(Br)cc1)Oc1ccc([N+](=O)[O-])cc1. The summed E-state index contributed by atoms with van der Waals surface area (Å²) in [7, 11) is 0. The molecule has 22 heavy (non-hydrogen) atoms. The molecule has 8 heteroatoms. The van der Waals surface area contributed by atoms with Crippen LogP contribution in [0.5, 0.6) is 5.75 Å². The summed E-state index contributed by atoms with van der Waals surface area (Å²) in [6.07, 6.45) is -0.814. The minimum atomic E-state index is -0.814. The van der Waals surface area contributed by atoms with Crippen molar-refractivity contribution >= 4 is 27.7 Å². The third-order valence-electron chi connectivity index (χ3n) is 2.57. The number of nitrogens with one attached hydrogen (secondary N) is 1. The lowest BCUT2D eigenvalue weighted by Crippen LogP contribution is -2.26. The molecule has 7 nitrogen and oxygen atoms in total. The van der Waals surface area contributed by atoms with E-state index in [0.717, 1.165) is 10.0 Å². The van der Waals surface area contributed by atoms with E-state index in [2.05, 4.69) is 21.4 Å². The summed E-state index contributed by atoms with van der Waals surface area (Å²) in [5, 5.41) is 10.5. The maximum atomic E-state index is 11.5. The number of amides is 1. The van der Waals surface area contributed by atoms with Crippen LogP contribution in [0.2, 0.25) is 0 Å². The minimum Gasteiger partial charge on any atom is -0.409 e. The predicted octanol–water partition coefficient (Wildman–Crippen LogP) is 3.58. The predicted molar refractivity (Wildman–Crippen MR) is 81.2 cm³/mol. The molecule has 0 saturated carbocycles. The Kier molecular flexibility index (Phi) is 5.45. The van der Waals surface area contributed by atoms with Gasteiger partial charge in [-0.2, -0.15) is 5.48 Å². The average Bonchev–Trinajstić information content (AvgIpc) is 2.50. The van der Waals surface area contributed by atoms with Gasteiger partial charge in [-0.15, -0.1) is 0 Å². The molecule has 0 spiro atoms. The topological polar surface area (TPSA) is 90.7 Å². The number of carbonyl (C=O) groups excluding carboxylic acids is 1. The summed E-state index contributed by atoms with van der Waals surface area (Å²) in [4.78, 5) is 26.4. The van der Waals surface area contributed by atoms with Crippen molar-refractivity contribution in [2.75, 3.05) is 0 Å². The number of nitro benzene ring substituents is 1. The van der Waals surface area contributed by atoms with Crippen LogP contribution in [-0.2, 0) is 11.4 Å². The van der Waals surface area contributed by atoms with Crippen molar-refractivity contribution in [3.05, 3.63) is 68.7 Å². The van der Waals surface area contributed by atoms with E-state index >= 15 is 0 Å². The summed E-state index contributed by atoms with van der Waals surface area (Å²) in [5.41, 5.74) is 2.91. The monoisotopic (exact) mass is 366 g/mol. The second-order valence-electron chi connectivity index (χ2n) is 4.16. The molecule has 0 unspecified atom stereocenters. The van der Waals surface area contributed by atoms with Gasteiger partial charge >= 0.3 is 6.09 Å². The van der Waals surface area contributed by atoms with Gasteiger partial charge in [0, 0.05) is 16.6 Å². The molecule has 2 rings (SSSR count). The average molecular weight is 367 g/mol. The van der Waals surface area contributed by atoms with Crippen molar-refractivity contribution in [2.24, 2.45) is 0 Å². The van der Waals surface area contributed by atoms with Crippen LogP contribution < -0.4 is 10.2 Å². The Morgan fingerprint density at radius 3 is 2.36 bits per heavy atom. The van der Waals surface area contributed by atoms with Crippen LogP contribution >= 0.6 is 15.9 Å². The standard InChI is InChI=1S/C14H11BrN2O5/c15-11-3-1-10(2-4-11)9-21-16-14(18)22-13-7-5-12(6-8-13)17(19)20/h1-8H,9H2,(H,16,18). The Labute approximate surface area is 134 Å². The number of nitro groups is 1. The summed E-state index contributed by atoms with van der Waals surface area (Å²) in [6, 6.07) is 12.5. The Bertz CT molecular complexity index is 658. The van der Waals surface area contributed by atoms with E-state index in [1.165, 1.54) is 24.3 Å². The van der Waals surface area contributed by atoms with Crippen LogP contribution in [0.25, 0.3) is 0 Å². The van der Waals surface area contributed by atoms with Crippen LogP contribution in [0, 0.1) is 10.1 Å². The molecule has 0 aliphatic heterocycles. The van der Waals surface area contributed by atoms with Crippen molar-refractivity contribution in [3.8, 4) is 5.75 Å². The zero-order chi connectivity index (χ0) is 15.9. The molecule has 1 amide bonds. The first-order chi connectivity index (χ1) is 10.5. The van der Waals surface area contributed by atoms with Gasteiger partial charge in [0.05, 0.1) is 11.5 Å². The van der Waals surface area contributed by atoms with Crippen molar-refractivity contribution in [1.29, 1.82) is 0 Å². The zero-order valence-electron chi connectivity index (χ0n) is 11.2. The van der Waals surface area contributed by atoms with E-state index in [4.69, 9.17) is 9.57 Å². The molecule has 0 aliphatic carbocycles. The van der Waals surface area contributed by atoms with Gasteiger partial charge in [0.1, 0.15) is 5.75 Å². The van der Waals surface area contributed by atoms with E-state index in [9.17, 15) is 14.9 Å². The zero-order valence-corrected chi connectivity index (χ0v) is 12.8. The number of ether oxygens (including phenoxy) is 1. The summed E-state index contributed by atoms with van der Waals surface area (Å²) in [6.45, 7) is 0.183. The van der Waals surface area contributed by atoms with E-state index in [0.29, 0.717) is 0 Å². The molecular formula is C14H11BrN2O5. The third-order valence-corrected chi connectivity index (χ3v) is 3.09. The summed E-state index contributed by atoms with van der Waals surface area (Å²) in [5.74, 6) is 0.176. The maximum absolute atomic E-state index is 11.5. The molecule has 0 aliphatic rings. The van der Waals surface area contributed by atoms with Gasteiger partial charge in [-0.05, 0) is 29.8 Å². The third kappa shape index (κ3) is 4.83. The maximum Gasteiger partial charge on any atom is 0.436 e. The molecule has 0 atom stereocenters. The van der Waals surface area contributed by atoms with E-state index in [1.807, 2.05) is 24.3 Å². The minimum absolute atomic E-state index is 0.0840. The van der Waals surface area contributed by atoms with Gasteiger partial charge in [0.25, 0.3) is 5.69 Å². The normalized spacial score (nSPS) is 10.0. The molecule has 0 aromatic heterocycles. The van der Waals surface area contributed by atoms with Crippen LogP contribution in [0.1, 0.15) is 5.56 Å². The van der Waals surface area contributed by atoms with E-state index < -0.39 is 11.0 Å². The molecule has 114 valence electrons. The quantitative estimate of drug-likeness (QED) is 0.644. The van der Waals surface area contributed by atoms with Gasteiger partial charge in [-0.1, -0.05) is 28.1 Å². The Balaban J connectivity index is 1.77. The molecular weight excluding hydrogens is 356 g/mol. The summed E-state index contributed by atoms with van der Waals surface area (Å²) >= 11 is 3.32. The van der Waals surface area contributed by atoms with Crippen LogP contribution in [0.4, 0.5) is 10.5 Å². The largest absolute Gasteiger partial charge is 0.436 e. The number of carbonyl (C=O) groups is 1. The van der Waals surface area contributed by atoms with Crippen molar-refractivity contribution in [2.45, 2.75) is 6.61 Å². The molecule has 0 radical (unpaired) electrons. The van der Waals surface area contributed by atoms with Crippen molar-refractivity contribution in [3.63, 3.8) is 0 Å². The summed E-state index contributed by atoms with van der Waals surface area (Å²) < 4.78 is 5.85. The first-order valence-electron chi connectivity index (χ1n) is 6.13. The van der Waals surface area contributed by atoms with Crippen molar-refractivity contribution < 1.29 is 19.3 Å². The smallest absolute Gasteiger partial charge is 0.409 e. The second kappa shape index (κ2) is 7.53. The number of non-ortho nitro benzene ring substituents is 1. The van der Waals surface area contributed by atoms with Crippen LogP contribution in [-0.4, -0.2) is 11.0 Å². The van der Waals surface area contributed by atoms with Crippen molar-refractivity contribution in [1.82, 2.24) is 5.48 Å². The fourth-order valence-electron chi connectivity index (χ4n) is 1.52. The highest BCUT2D eigenvalue weighted by atomic mass is 79.9. The number of hydroxylamine groups is 1. The first-order valence-corrected chi connectivity index (χ1v) is 6.92. The number of hydrogen-bond donors (Lipinski definition) is 1. The number of nitrogens with zero attached hydrogens (tertiary/aromatic N) is 1. The number of rotatable bonds is 5. The molecule has 0 saturated heterocycles.